The third-order valence-corrected chi connectivity index (χ3v) is 7.55. The maximum Gasteiger partial charge on any atom is 0.293 e. The SMILES string of the molecule is CCOc1cc(/C=C2\SC(=O)N(Cc3cc4c(cc3Cl)OCO4)C2=O)cc(Br)c1OCc1ccccc1F. The lowest BCUT2D eigenvalue weighted by Gasteiger charge is -2.15. The van der Waals surface area contributed by atoms with Crippen molar-refractivity contribution in [2.45, 2.75) is 20.1 Å². The molecule has 5 rings (SSSR count). The molecule has 2 amide bonds. The summed E-state index contributed by atoms with van der Waals surface area (Å²) in [6, 6.07) is 13.1. The number of hydrogen-bond acceptors (Lipinski definition) is 7. The van der Waals surface area contributed by atoms with Gasteiger partial charge in [-0.05, 0) is 76.1 Å². The predicted molar refractivity (Wildman–Crippen MR) is 145 cm³/mol. The standard InChI is InChI=1S/C27H20BrClFNO6S/c1-2-34-23-8-15(7-18(28)25(23)35-13-16-5-3-4-6-20(16)30)9-24-26(32)31(27(33)38-24)12-17-10-21-22(11-19(17)29)37-14-36-21/h3-11H,2,12-14H2,1H3/b24-9-. The van der Waals surface area contributed by atoms with Crippen LogP contribution in [0.3, 0.4) is 0 Å². The Hall–Kier alpha value is -3.21. The summed E-state index contributed by atoms with van der Waals surface area (Å²) in [6.07, 6.45) is 1.61. The van der Waals surface area contributed by atoms with E-state index >= 15 is 0 Å². The fourth-order valence-electron chi connectivity index (χ4n) is 3.88. The summed E-state index contributed by atoms with van der Waals surface area (Å²) in [5.74, 6) is 1.04. The molecule has 0 N–H and O–H groups in total. The van der Waals surface area contributed by atoms with Gasteiger partial charge in [-0.2, -0.15) is 0 Å². The molecule has 2 heterocycles. The minimum atomic E-state index is -0.442. The summed E-state index contributed by atoms with van der Waals surface area (Å²) in [5, 5.41) is -0.0440. The van der Waals surface area contributed by atoms with Gasteiger partial charge in [0.05, 0.1) is 22.5 Å². The molecule has 0 unspecified atom stereocenters. The van der Waals surface area contributed by atoms with Gasteiger partial charge in [0.2, 0.25) is 6.79 Å². The van der Waals surface area contributed by atoms with Gasteiger partial charge in [-0.1, -0.05) is 29.8 Å². The summed E-state index contributed by atoms with van der Waals surface area (Å²) < 4.78 is 36.9. The summed E-state index contributed by atoms with van der Waals surface area (Å²) >= 11 is 10.7. The second-order valence-electron chi connectivity index (χ2n) is 8.21. The minimum Gasteiger partial charge on any atom is -0.490 e. The molecule has 3 aromatic rings. The van der Waals surface area contributed by atoms with E-state index in [1.165, 1.54) is 6.07 Å². The highest BCUT2D eigenvalue weighted by Crippen LogP contribution is 2.41. The van der Waals surface area contributed by atoms with E-state index in [2.05, 4.69) is 15.9 Å². The Balaban J connectivity index is 1.37. The van der Waals surface area contributed by atoms with Gasteiger partial charge in [0.1, 0.15) is 12.4 Å². The van der Waals surface area contributed by atoms with Crippen LogP contribution in [0.5, 0.6) is 23.0 Å². The maximum absolute atomic E-state index is 14.0. The van der Waals surface area contributed by atoms with Crippen molar-refractivity contribution in [1.29, 1.82) is 0 Å². The summed E-state index contributed by atoms with van der Waals surface area (Å²) in [6.45, 7) is 2.28. The Bertz CT molecular complexity index is 1470. The number of fused-ring (bicyclic) bond motifs is 1. The van der Waals surface area contributed by atoms with E-state index in [0.29, 0.717) is 55.8 Å². The van der Waals surface area contributed by atoms with Crippen LogP contribution in [-0.4, -0.2) is 29.4 Å². The third kappa shape index (κ3) is 5.48. The molecule has 7 nitrogen and oxygen atoms in total. The molecule has 1 saturated heterocycles. The van der Waals surface area contributed by atoms with Gasteiger partial charge in [-0.15, -0.1) is 0 Å². The van der Waals surface area contributed by atoms with Crippen molar-refractivity contribution in [3.05, 3.63) is 85.4 Å². The number of halogens is 3. The first-order valence-corrected chi connectivity index (χ1v) is 13.5. The average molecular weight is 621 g/mol. The van der Waals surface area contributed by atoms with Crippen molar-refractivity contribution < 1.29 is 32.9 Å². The van der Waals surface area contributed by atoms with Gasteiger partial charge in [-0.3, -0.25) is 14.5 Å². The highest BCUT2D eigenvalue weighted by atomic mass is 79.9. The molecule has 3 aromatic carbocycles. The molecule has 0 saturated carbocycles. The van der Waals surface area contributed by atoms with Crippen molar-refractivity contribution in [1.82, 2.24) is 4.90 Å². The monoisotopic (exact) mass is 619 g/mol. The quantitative estimate of drug-likeness (QED) is 0.247. The molecule has 0 atom stereocenters. The fraction of sp³-hybridized carbons (Fsp3) is 0.185. The van der Waals surface area contributed by atoms with Gasteiger partial charge in [0, 0.05) is 16.7 Å². The van der Waals surface area contributed by atoms with E-state index in [1.807, 2.05) is 6.92 Å². The van der Waals surface area contributed by atoms with Gasteiger partial charge in [0.15, 0.2) is 23.0 Å². The smallest absolute Gasteiger partial charge is 0.293 e. The maximum atomic E-state index is 14.0. The summed E-state index contributed by atoms with van der Waals surface area (Å²) in [7, 11) is 0. The zero-order valence-electron chi connectivity index (χ0n) is 20.0. The lowest BCUT2D eigenvalue weighted by atomic mass is 10.1. The van der Waals surface area contributed by atoms with Gasteiger partial charge < -0.3 is 18.9 Å². The second-order valence-corrected chi connectivity index (χ2v) is 10.5. The predicted octanol–water partition coefficient (Wildman–Crippen LogP) is 7.18. The van der Waals surface area contributed by atoms with Crippen LogP contribution in [0.2, 0.25) is 5.02 Å². The number of hydrogen-bond donors (Lipinski definition) is 0. The topological polar surface area (TPSA) is 74.3 Å². The first kappa shape index (κ1) is 26.4. The van der Waals surface area contributed by atoms with Crippen LogP contribution >= 0.6 is 39.3 Å². The molecule has 196 valence electrons. The van der Waals surface area contributed by atoms with E-state index in [9.17, 15) is 14.0 Å². The molecular formula is C27H20BrClFNO6S. The third-order valence-electron chi connectivity index (χ3n) is 5.70. The Morgan fingerprint density at radius 1 is 1.11 bits per heavy atom. The van der Waals surface area contributed by atoms with Crippen LogP contribution in [-0.2, 0) is 17.9 Å². The van der Waals surface area contributed by atoms with Crippen molar-refractivity contribution >= 4 is 56.5 Å². The molecule has 0 spiro atoms. The van der Waals surface area contributed by atoms with E-state index in [1.54, 1.807) is 48.5 Å². The van der Waals surface area contributed by atoms with Crippen molar-refractivity contribution in [2.75, 3.05) is 13.4 Å². The van der Waals surface area contributed by atoms with E-state index < -0.39 is 11.1 Å². The van der Waals surface area contributed by atoms with Crippen LogP contribution < -0.4 is 18.9 Å². The molecule has 0 radical (unpaired) electrons. The minimum absolute atomic E-state index is 0.00576. The number of ether oxygens (including phenoxy) is 4. The zero-order valence-corrected chi connectivity index (χ0v) is 23.1. The Morgan fingerprint density at radius 3 is 2.63 bits per heavy atom. The number of amides is 2. The first-order chi connectivity index (χ1) is 18.3. The lowest BCUT2D eigenvalue weighted by Crippen LogP contribution is -2.27. The molecular weight excluding hydrogens is 601 g/mol. The van der Waals surface area contributed by atoms with Gasteiger partial charge in [-0.25, -0.2) is 4.39 Å². The normalized spacial score (nSPS) is 15.5. The highest BCUT2D eigenvalue weighted by molar-refractivity contribution is 9.10. The fourth-order valence-corrected chi connectivity index (χ4v) is 5.50. The van der Waals surface area contributed by atoms with Crippen molar-refractivity contribution in [2.24, 2.45) is 0 Å². The first-order valence-electron chi connectivity index (χ1n) is 11.5. The van der Waals surface area contributed by atoms with Crippen LogP contribution in [0.25, 0.3) is 6.08 Å². The van der Waals surface area contributed by atoms with Crippen molar-refractivity contribution in [3.8, 4) is 23.0 Å². The number of carbonyl (C=O) groups is 2. The number of benzene rings is 3. The largest absolute Gasteiger partial charge is 0.490 e. The summed E-state index contributed by atoms with van der Waals surface area (Å²) in [4.78, 5) is 27.2. The average Bonchev–Trinajstić information content (AvgIpc) is 3.44. The number of nitrogens with zero attached hydrogens (tertiary/aromatic N) is 1. The van der Waals surface area contributed by atoms with E-state index in [-0.39, 0.29) is 30.7 Å². The second kappa shape index (κ2) is 11.3. The molecule has 1 fully saturated rings. The molecule has 0 bridgehead atoms. The number of thioether (sulfide) groups is 1. The van der Waals surface area contributed by atoms with Gasteiger partial charge in [0.25, 0.3) is 11.1 Å². The number of carbonyl (C=O) groups excluding carboxylic acids is 2. The van der Waals surface area contributed by atoms with Crippen LogP contribution in [0.4, 0.5) is 9.18 Å². The zero-order chi connectivity index (χ0) is 26.8. The lowest BCUT2D eigenvalue weighted by molar-refractivity contribution is -0.123. The molecule has 2 aliphatic heterocycles. The highest BCUT2D eigenvalue weighted by Gasteiger charge is 2.36. The number of rotatable bonds is 8. The Morgan fingerprint density at radius 2 is 1.87 bits per heavy atom. The molecule has 11 heteroatoms. The molecule has 2 aliphatic rings. The van der Waals surface area contributed by atoms with Crippen molar-refractivity contribution in [3.63, 3.8) is 0 Å². The van der Waals surface area contributed by atoms with Gasteiger partial charge >= 0.3 is 0 Å². The number of imide groups is 1. The van der Waals surface area contributed by atoms with Crippen LogP contribution in [0, 0.1) is 5.82 Å². The Kier molecular flexibility index (Phi) is 7.83. The summed E-state index contributed by atoms with van der Waals surface area (Å²) in [5.41, 5.74) is 1.59. The van der Waals surface area contributed by atoms with Crippen LogP contribution in [0.15, 0.2) is 57.9 Å². The molecule has 38 heavy (non-hydrogen) atoms. The van der Waals surface area contributed by atoms with E-state index in [0.717, 1.165) is 16.7 Å². The molecule has 0 aliphatic carbocycles. The van der Waals surface area contributed by atoms with Crippen LogP contribution in [0.1, 0.15) is 23.6 Å². The van der Waals surface area contributed by atoms with E-state index in [4.69, 9.17) is 30.5 Å². The Labute approximate surface area is 235 Å². The molecule has 0 aromatic heterocycles.